The number of nitrogens with zero attached hydrogens (tertiary/aromatic N) is 2. The Morgan fingerprint density at radius 2 is 1.91 bits per heavy atom. The van der Waals surface area contributed by atoms with Crippen LogP contribution in [-0.4, -0.2) is 35.0 Å². The van der Waals surface area contributed by atoms with E-state index in [-0.39, 0.29) is 5.91 Å². The number of piperidine rings is 1. The first-order chi connectivity index (χ1) is 10.8. The molecule has 1 saturated carbocycles. The molecule has 2 fully saturated rings. The molecule has 1 saturated heterocycles. The summed E-state index contributed by atoms with van der Waals surface area (Å²) in [5, 5.41) is 9.48. The van der Waals surface area contributed by atoms with Gasteiger partial charge in [-0.2, -0.15) is 0 Å². The maximum absolute atomic E-state index is 12.3. The molecule has 2 aromatic rings. The molecule has 0 bridgehead atoms. The Hall–Kier alpha value is -2.47. The van der Waals surface area contributed by atoms with Gasteiger partial charge in [-0.1, -0.05) is 18.2 Å². The second kappa shape index (κ2) is 5.38. The Morgan fingerprint density at radius 3 is 2.68 bits per heavy atom. The van der Waals surface area contributed by atoms with Gasteiger partial charge < -0.3 is 16.0 Å². The van der Waals surface area contributed by atoms with Crippen LogP contribution in [0.4, 0.5) is 11.6 Å². The molecule has 0 radical (unpaired) electrons. The van der Waals surface area contributed by atoms with E-state index in [1.54, 1.807) is 12.3 Å². The number of carbonyl (C=O) groups is 1. The van der Waals surface area contributed by atoms with E-state index >= 15 is 0 Å². The first-order valence-corrected chi connectivity index (χ1v) is 7.48. The third-order valence-electron chi connectivity index (χ3n) is 4.31. The van der Waals surface area contributed by atoms with Crippen molar-refractivity contribution >= 4 is 17.5 Å². The standard InChI is InChI=1S/C16H17N5O/c22-15(21-14-11-8-17-9-12(11)14)13-6-7-18-16(20-13)19-10-4-2-1-3-5-10/h1-7,11-12,14,17H,8-9H2,(H,21,22)(H,18,19,20)/t11-,12+,14-. The molecule has 3 N–H and O–H groups in total. The van der Waals surface area contributed by atoms with E-state index in [9.17, 15) is 4.79 Å². The van der Waals surface area contributed by atoms with Gasteiger partial charge in [-0.3, -0.25) is 4.79 Å². The topological polar surface area (TPSA) is 78.9 Å². The minimum Gasteiger partial charge on any atom is -0.347 e. The molecule has 2 heterocycles. The van der Waals surface area contributed by atoms with Gasteiger partial charge in [-0.05, 0) is 30.0 Å². The van der Waals surface area contributed by atoms with E-state index in [1.165, 1.54) is 0 Å². The molecule has 4 rings (SSSR count). The summed E-state index contributed by atoms with van der Waals surface area (Å²) in [4.78, 5) is 20.7. The van der Waals surface area contributed by atoms with Gasteiger partial charge in [0.1, 0.15) is 5.69 Å². The van der Waals surface area contributed by atoms with Crippen molar-refractivity contribution in [2.24, 2.45) is 11.8 Å². The summed E-state index contributed by atoms with van der Waals surface area (Å²) in [5.41, 5.74) is 1.29. The van der Waals surface area contributed by atoms with E-state index in [1.807, 2.05) is 30.3 Å². The largest absolute Gasteiger partial charge is 0.347 e. The molecule has 3 atom stereocenters. The number of fused-ring (bicyclic) bond motifs is 1. The van der Waals surface area contributed by atoms with Crippen LogP contribution in [-0.2, 0) is 0 Å². The van der Waals surface area contributed by atoms with Gasteiger partial charge in [-0.25, -0.2) is 9.97 Å². The molecule has 6 heteroatoms. The number of hydrogen-bond acceptors (Lipinski definition) is 5. The van der Waals surface area contributed by atoms with Gasteiger partial charge in [0.2, 0.25) is 5.95 Å². The van der Waals surface area contributed by atoms with E-state index in [0.717, 1.165) is 18.8 Å². The summed E-state index contributed by atoms with van der Waals surface area (Å²) in [5.74, 6) is 1.48. The van der Waals surface area contributed by atoms with Gasteiger partial charge in [-0.15, -0.1) is 0 Å². The Kier molecular flexibility index (Phi) is 3.23. The summed E-state index contributed by atoms with van der Waals surface area (Å²) in [6.45, 7) is 2.00. The van der Waals surface area contributed by atoms with E-state index in [0.29, 0.717) is 29.5 Å². The zero-order valence-corrected chi connectivity index (χ0v) is 12.0. The molecule has 112 valence electrons. The minimum atomic E-state index is -0.127. The molecule has 1 aromatic heterocycles. The number of benzene rings is 1. The van der Waals surface area contributed by atoms with Gasteiger partial charge >= 0.3 is 0 Å². The Bertz CT molecular complexity index is 680. The number of anilines is 2. The summed E-state index contributed by atoms with van der Waals surface area (Å²) in [6.07, 6.45) is 1.60. The molecule has 2 aliphatic rings. The van der Waals surface area contributed by atoms with Crippen LogP contribution in [0.5, 0.6) is 0 Å². The van der Waals surface area contributed by atoms with Crippen LogP contribution in [0.2, 0.25) is 0 Å². The van der Waals surface area contributed by atoms with Gasteiger partial charge in [0.05, 0.1) is 0 Å². The highest BCUT2D eigenvalue weighted by molar-refractivity contribution is 5.93. The van der Waals surface area contributed by atoms with Gasteiger partial charge in [0.15, 0.2) is 0 Å². The quantitative estimate of drug-likeness (QED) is 0.789. The van der Waals surface area contributed by atoms with Crippen molar-refractivity contribution in [1.29, 1.82) is 0 Å². The Labute approximate surface area is 128 Å². The van der Waals surface area contributed by atoms with Crippen molar-refractivity contribution in [3.8, 4) is 0 Å². The molecule has 1 aliphatic carbocycles. The molecule has 6 nitrogen and oxygen atoms in total. The van der Waals surface area contributed by atoms with Crippen molar-refractivity contribution in [2.75, 3.05) is 18.4 Å². The molecular weight excluding hydrogens is 278 g/mol. The number of para-hydroxylation sites is 1. The average Bonchev–Trinajstić information content (AvgIpc) is 2.97. The second-order valence-corrected chi connectivity index (χ2v) is 5.74. The molecule has 1 amide bonds. The lowest BCUT2D eigenvalue weighted by Gasteiger charge is -2.08. The van der Waals surface area contributed by atoms with Gasteiger partial charge in [0, 0.05) is 31.0 Å². The SMILES string of the molecule is O=C(N[C@@H]1[C@@H]2CNC[C@@H]21)c1ccnc(Nc2ccccc2)n1. The summed E-state index contributed by atoms with van der Waals surface area (Å²) in [6, 6.07) is 11.6. The van der Waals surface area contributed by atoms with Crippen LogP contribution in [0.3, 0.4) is 0 Å². The highest BCUT2D eigenvalue weighted by atomic mass is 16.2. The summed E-state index contributed by atoms with van der Waals surface area (Å²) < 4.78 is 0. The summed E-state index contributed by atoms with van der Waals surface area (Å²) >= 11 is 0. The monoisotopic (exact) mass is 295 g/mol. The number of amides is 1. The van der Waals surface area contributed by atoms with Crippen LogP contribution >= 0.6 is 0 Å². The van der Waals surface area contributed by atoms with Crippen molar-refractivity contribution < 1.29 is 4.79 Å². The fourth-order valence-electron chi connectivity index (χ4n) is 3.05. The van der Waals surface area contributed by atoms with Crippen molar-refractivity contribution in [3.05, 3.63) is 48.3 Å². The number of aromatic nitrogens is 2. The normalized spacial score (nSPS) is 25.4. The van der Waals surface area contributed by atoms with Crippen LogP contribution in [0.15, 0.2) is 42.6 Å². The maximum Gasteiger partial charge on any atom is 0.270 e. The minimum absolute atomic E-state index is 0.127. The predicted molar refractivity (Wildman–Crippen MR) is 82.9 cm³/mol. The first-order valence-electron chi connectivity index (χ1n) is 7.48. The molecule has 1 aromatic carbocycles. The molecule has 0 unspecified atom stereocenters. The predicted octanol–water partition coefficient (Wildman–Crippen LogP) is 1.17. The smallest absolute Gasteiger partial charge is 0.270 e. The van der Waals surface area contributed by atoms with Crippen LogP contribution in [0.1, 0.15) is 10.5 Å². The Balaban J connectivity index is 1.43. The maximum atomic E-state index is 12.3. The third-order valence-corrected chi connectivity index (χ3v) is 4.31. The first kappa shape index (κ1) is 13.2. The Morgan fingerprint density at radius 1 is 1.14 bits per heavy atom. The highest BCUT2D eigenvalue weighted by Gasteiger charge is 2.53. The number of rotatable bonds is 4. The number of nitrogens with one attached hydrogen (secondary N) is 3. The zero-order valence-electron chi connectivity index (χ0n) is 12.0. The lowest BCUT2D eigenvalue weighted by Crippen LogP contribution is -2.33. The fraction of sp³-hybridized carbons (Fsp3) is 0.312. The lowest BCUT2D eigenvalue weighted by molar-refractivity contribution is 0.0941. The van der Waals surface area contributed by atoms with E-state index in [2.05, 4.69) is 25.9 Å². The number of carbonyl (C=O) groups excluding carboxylic acids is 1. The van der Waals surface area contributed by atoms with Gasteiger partial charge in [0.25, 0.3) is 5.91 Å². The highest BCUT2D eigenvalue weighted by Crippen LogP contribution is 2.41. The van der Waals surface area contributed by atoms with Crippen LogP contribution in [0.25, 0.3) is 0 Å². The summed E-state index contributed by atoms with van der Waals surface area (Å²) in [7, 11) is 0. The third kappa shape index (κ3) is 2.53. The van der Waals surface area contributed by atoms with Crippen molar-refractivity contribution in [2.45, 2.75) is 6.04 Å². The second-order valence-electron chi connectivity index (χ2n) is 5.74. The van der Waals surface area contributed by atoms with E-state index in [4.69, 9.17) is 0 Å². The lowest BCUT2D eigenvalue weighted by atomic mass is 10.3. The van der Waals surface area contributed by atoms with E-state index < -0.39 is 0 Å². The molecule has 1 aliphatic heterocycles. The van der Waals surface area contributed by atoms with Crippen molar-refractivity contribution in [1.82, 2.24) is 20.6 Å². The average molecular weight is 295 g/mol. The molecule has 0 spiro atoms. The van der Waals surface area contributed by atoms with Crippen LogP contribution in [0, 0.1) is 11.8 Å². The molecule has 22 heavy (non-hydrogen) atoms. The fourth-order valence-corrected chi connectivity index (χ4v) is 3.05. The zero-order chi connectivity index (χ0) is 14.9. The number of hydrogen-bond donors (Lipinski definition) is 3. The van der Waals surface area contributed by atoms with Crippen molar-refractivity contribution in [3.63, 3.8) is 0 Å². The van der Waals surface area contributed by atoms with Crippen LogP contribution < -0.4 is 16.0 Å². The molecular formula is C16H17N5O.